The summed E-state index contributed by atoms with van der Waals surface area (Å²) in [5.41, 5.74) is 2.43. The molecule has 0 radical (unpaired) electrons. The van der Waals surface area contributed by atoms with E-state index in [0.29, 0.717) is 18.8 Å². The van der Waals surface area contributed by atoms with E-state index in [1.165, 1.54) is 5.39 Å². The second-order valence-corrected chi connectivity index (χ2v) is 5.61. The van der Waals surface area contributed by atoms with Crippen molar-refractivity contribution in [2.75, 3.05) is 13.7 Å². The number of hydrogen-bond acceptors (Lipinski definition) is 3. The summed E-state index contributed by atoms with van der Waals surface area (Å²) in [5.74, 6) is -0.200. The van der Waals surface area contributed by atoms with Gasteiger partial charge in [0.1, 0.15) is 5.69 Å². The Morgan fingerprint density at radius 3 is 3.04 bits per heavy atom. The van der Waals surface area contributed by atoms with Crippen molar-refractivity contribution in [3.63, 3.8) is 0 Å². The number of fused-ring (bicyclic) bond motifs is 1. The Labute approximate surface area is 134 Å². The molecule has 0 aliphatic rings. The van der Waals surface area contributed by atoms with E-state index in [9.17, 15) is 4.79 Å². The van der Waals surface area contributed by atoms with Crippen molar-refractivity contribution < 1.29 is 9.53 Å². The zero-order valence-corrected chi connectivity index (χ0v) is 13.2. The monoisotopic (exact) mass is 312 g/mol. The van der Waals surface area contributed by atoms with Gasteiger partial charge in [-0.15, -0.1) is 0 Å². The molecule has 1 atom stereocenters. The fraction of sp³-hybridized carbons (Fsp3) is 0.294. The minimum Gasteiger partial charge on any atom is -0.383 e. The summed E-state index contributed by atoms with van der Waals surface area (Å²) >= 11 is 0. The minimum absolute atomic E-state index is 0.0546. The highest BCUT2D eigenvalue weighted by molar-refractivity contribution is 5.92. The van der Waals surface area contributed by atoms with Crippen LogP contribution in [0.5, 0.6) is 0 Å². The van der Waals surface area contributed by atoms with Crippen molar-refractivity contribution in [1.29, 1.82) is 0 Å². The number of H-pyrrole nitrogens is 1. The number of para-hydroxylation sites is 1. The normalized spacial score (nSPS) is 12.4. The average Bonchev–Trinajstić information content (AvgIpc) is 3.16. The molecular weight excluding hydrogens is 292 g/mol. The average molecular weight is 312 g/mol. The molecule has 0 fully saturated rings. The maximum absolute atomic E-state index is 12.1. The van der Waals surface area contributed by atoms with Gasteiger partial charge in [0.05, 0.1) is 18.8 Å². The number of carbonyl (C=O) groups excluding carboxylic acids is 1. The molecule has 23 heavy (non-hydrogen) atoms. The molecule has 120 valence electrons. The van der Waals surface area contributed by atoms with Crippen LogP contribution in [0.2, 0.25) is 0 Å². The number of nitrogens with one attached hydrogen (secondary N) is 2. The lowest BCUT2D eigenvalue weighted by Crippen LogP contribution is -2.35. The number of benzene rings is 1. The van der Waals surface area contributed by atoms with Gasteiger partial charge in [-0.2, -0.15) is 5.10 Å². The van der Waals surface area contributed by atoms with E-state index in [1.54, 1.807) is 13.2 Å². The SMILES string of the molecule is COCC(C)NC(=O)c1cc(Cn2ccc3ccccc32)[nH]n1. The van der Waals surface area contributed by atoms with Gasteiger partial charge >= 0.3 is 0 Å². The van der Waals surface area contributed by atoms with Crippen LogP contribution < -0.4 is 5.32 Å². The zero-order chi connectivity index (χ0) is 16.2. The molecule has 2 heterocycles. The van der Waals surface area contributed by atoms with E-state index in [2.05, 4.69) is 38.3 Å². The standard InChI is InChI=1S/C17H20N4O2/c1-12(11-23-2)18-17(22)15-9-14(19-20-15)10-21-8-7-13-5-3-4-6-16(13)21/h3-9,12H,10-11H2,1-2H3,(H,18,22)(H,19,20). The van der Waals surface area contributed by atoms with Gasteiger partial charge in [0.25, 0.3) is 5.91 Å². The van der Waals surface area contributed by atoms with Crippen molar-refractivity contribution in [2.24, 2.45) is 0 Å². The van der Waals surface area contributed by atoms with Gasteiger partial charge in [0.15, 0.2) is 0 Å². The van der Waals surface area contributed by atoms with E-state index in [0.717, 1.165) is 11.2 Å². The Bertz CT molecular complexity index is 806. The fourth-order valence-electron chi connectivity index (χ4n) is 2.61. The second-order valence-electron chi connectivity index (χ2n) is 5.61. The molecule has 0 bridgehead atoms. The highest BCUT2D eigenvalue weighted by Gasteiger charge is 2.13. The molecule has 3 aromatic rings. The number of aromatic nitrogens is 3. The summed E-state index contributed by atoms with van der Waals surface area (Å²) in [4.78, 5) is 12.1. The van der Waals surface area contributed by atoms with Crippen molar-refractivity contribution in [1.82, 2.24) is 20.1 Å². The molecule has 1 amide bonds. The van der Waals surface area contributed by atoms with Crippen LogP contribution in [0, 0.1) is 0 Å². The summed E-state index contributed by atoms with van der Waals surface area (Å²) in [6.07, 6.45) is 2.03. The third-order valence-electron chi connectivity index (χ3n) is 3.68. The number of methoxy groups -OCH3 is 1. The number of nitrogens with zero attached hydrogens (tertiary/aromatic N) is 2. The maximum Gasteiger partial charge on any atom is 0.272 e. The molecule has 0 spiro atoms. The van der Waals surface area contributed by atoms with Gasteiger partial charge in [-0.1, -0.05) is 18.2 Å². The van der Waals surface area contributed by atoms with Crippen LogP contribution in [0.25, 0.3) is 10.9 Å². The highest BCUT2D eigenvalue weighted by atomic mass is 16.5. The predicted octanol–water partition coefficient (Wildman–Crippen LogP) is 2.18. The zero-order valence-electron chi connectivity index (χ0n) is 13.2. The quantitative estimate of drug-likeness (QED) is 0.733. The second kappa shape index (κ2) is 6.66. The van der Waals surface area contributed by atoms with Gasteiger partial charge in [-0.25, -0.2) is 0 Å². The van der Waals surface area contributed by atoms with Gasteiger partial charge < -0.3 is 14.6 Å². The Kier molecular flexibility index (Phi) is 4.43. The first kappa shape index (κ1) is 15.3. The van der Waals surface area contributed by atoms with Crippen LogP contribution in [0.1, 0.15) is 23.1 Å². The first-order valence-corrected chi connectivity index (χ1v) is 7.55. The smallest absolute Gasteiger partial charge is 0.272 e. The summed E-state index contributed by atoms with van der Waals surface area (Å²) in [7, 11) is 1.61. The molecule has 2 aromatic heterocycles. The summed E-state index contributed by atoms with van der Waals surface area (Å²) in [5, 5.41) is 11.1. The number of rotatable bonds is 6. The molecule has 0 aliphatic heterocycles. The Balaban J connectivity index is 1.71. The van der Waals surface area contributed by atoms with Gasteiger partial charge in [-0.05, 0) is 30.5 Å². The molecule has 2 N–H and O–H groups in total. The maximum atomic E-state index is 12.1. The molecule has 0 saturated heterocycles. The fourth-order valence-corrected chi connectivity index (χ4v) is 2.61. The summed E-state index contributed by atoms with van der Waals surface area (Å²) in [6, 6.07) is 12.0. The lowest BCUT2D eigenvalue weighted by Gasteiger charge is -2.10. The molecule has 1 aromatic carbocycles. The van der Waals surface area contributed by atoms with Crippen molar-refractivity contribution in [2.45, 2.75) is 19.5 Å². The lowest BCUT2D eigenvalue weighted by molar-refractivity contribution is 0.0900. The van der Waals surface area contributed by atoms with Crippen molar-refractivity contribution in [3.8, 4) is 0 Å². The van der Waals surface area contributed by atoms with Gasteiger partial charge in [0, 0.05) is 24.9 Å². The third-order valence-corrected chi connectivity index (χ3v) is 3.68. The number of ether oxygens (including phenoxy) is 1. The molecule has 3 rings (SSSR count). The number of aromatic amines is 1. The third kappa shape index (κ3) is 3.43. The Hall–Kier alpha value is -2.60. The van der Waals surface area contributed by atoms with Crippen LogP contribution >= 0.6 is 0 Å². The van der Waals surface area contributed by atoms with Crippen LogP contribution in [0.3, 0.4) is 0 Å². The van der Waals surface area contributed by atoms with E-state index >= 15 is 0 Å². The van der Waals surface area contributed by atoms with E-state index in [4.69, 9.17) is 4.74 Å². The van der Waals surface area contributed by atoms with Gasteiger partial charge in [-0.3, -0.25) is 9.89 Å². The molecule has 6 nitrogen and oxygen atoms in total. The highest BCUT2D eigenvalue weighted by Crippen LogP contribution is 2.16. The van der Waals surface area contributed by atoms with Crippen molar-refractivity contribution >= 4 is 16.8 Å². The van der Waals surface area contributed by atoms with E-state index < -0.39 is 0 Å². The summed E-state index contributed by atoms with van der Waals surface area (Å²) in [6.45, 7) is 3.00. The van der Waals surface area contributed by atoms with Crippen LogP contribution in [0.4, 0.5) is 0 Å². The van der Waals surface area contributed by atoms with Crippen LogP contribution in [-0.2, 0) is 11.3 Å². The van der Waals surface area contributed by atoms with Crippen molar-refractivity contribution in [3.05, 3.63) is 54.0 Å². The van der Waals surface area contributed by atoms with Crippen LogP contribution in [-0.4, -0.2) is 40.4 Å². The van der Waals surface area contributed by atoms with Gasteiger partial charge in [0.2, 0.25) is 0 Å². The molecule has 1 unspecified atom stereocenters. The minimum atomic E-state index is -0.200. The summed E-state index contributed by atoms with van der Waals surface area (Å²) < 4.78 is 7.13. The topological polar surface area (TPSA) is 71.9 Å². The number of carbonyl (C=O) groups is 1. The first-order valence-electron chi connectivity index (χ1n) is 7.55. The predicted molar refractivity (Wildman–Crippen MR) is 88.4 cm³/mol. The molecule has 0 aliphatic carbocycles. The molecule has 6 heteroatoms. The van der Waals surface area contributed by atoms with E-state index in [1.807, 2.05) is 25.3 Å². The largest absolute Gasteiger partial charge is 0.383 e. The van der Waals surface area contributed by atoms with E-state index in [-0.39, 0.29) is 11.9 Å². The number of hydrogen-bond donors (Lipinski definition) is 2. The molecular formula is C17H20N4O2. The molecule has 0 saturated carbocycles. The Morgan fingerprint density at radius 1 is 1.39 bits per heavy atom. The Morgan fingerprint density at radius 2 is 2.22 bits per heavy atom. The first-order chi connectivity index (χ1) is 11.2. The lowest BCUT2D eigenvalue weighted by atomic mass is 10.2. The number of amides is 1. The van der Waals surface area contributed by atoms with Crippen LogP contribution in [0.15, 0.2) is 42.6 Å².